The van der Waals surface area contributed by atoms with Gasteiger partial charge in [0.2, 0.25) is 10.0 Å². The largest absolute Gasteiger partial charge is 0.313 e. The quantitative estimate of drug-likeness (QED) is 0.803. The van der Waals surface area contributed by atoms with E-state index in [2.05, 4.69) is 17.0 Å². The Kier molecular flexibility index (Phi) is 4.28. The molecule has 19 heavy (non-hydrogen) atoms. The Morgan fingerprint density at radius 2 is 1.95 bits per heavy atom. The van der Waals surface area contributed by atoms with Crippen LogP contribution in [0.4, 0.5) is 0 Å². The molecular weight excluding hydrogens is 260 g/mol. The molecule has 1 aliphatic rings. The zero-order valence-corrected chi connectivity index (χ0v) is 12.4. The van der Waals surface area contributed by atoms with Gasteiger partial charge in [-0.3, -0.25) is 0 Å². The maximum atomic E-state index is 12.4. The molecular formula is C14H22N2O2S. The molecule has 2 N–H and O–H groups in total. The van der Waals surface area contributed by atoms with E-state index in [0.29, 0.717) is 18.0 Å². The second kappa shape index (κ2) is 5.61. The van der Waals surface area contributed by atoms with E-state index in [1.54, 1.807) is 12.1 Å². The van der Waals surface area contributed by atoms with Gasteiger partial charge in [-0.05, 0) is 36.4 Å². The van der Waals surface area contributed by atoms with Gasteiger partial charge in [0.05, 0.1) is 4.90 Å². The minimum atomic E-state index is -3.40. The Labute approximate surface area is 115 Å². The molecule has 5 heteroatoms. The maximum absolute atomic E-state index is 12.4. The van der Waals surface area contributed by atoms with Crippen molar-refractivity contribution in [3.63, 3.8) is 0 Å². The molecule has 1 aromatic carbocycles. The summed E-state index contributed by atoms with van der Waals surface area (Å²) >= 11 is 0. The predicted octanol–water partition coefficient (Wildman–Crippen LogP) is 1.87. The summed E-state index contributed by atoms with van der Waals surface area (Å²) in [5, 5.41) is 3.17. The van der Waals surface area contributed by atoms with Crippen LogP contribution in [0.1, 0.15) is 32.3 Å². The van der Waals surface area contributed by atoms with Crippen molar-refractivity contribution in [3.05, 3.63) is 29.8 Å². The van der Waals surface area contributed by atoms with E-state index < -0.39 is 10.0 Å². The number of sulfonamides is 1. The molecule has 0 aromatic heterocycles. The van der Waals surface area contributed by atoms with Crippen LogP contribution in [0.3, 0.4) is 0 Å². The van der Waals surface area contributed by atoms with E-state index >= 15 is 0 Å². The summed E-state index contributed by atoms with van der Waals surface area (Å²) < 4.78 is 27.4. The number of nitrogens with one attached hydrogen (secondary N) is 2. The van der Waals surface area contributed by atoms with Gasteiger partial charge in [0.25, 0.3) is 0 Å². The molecule has 0 bridgehead atoms. The third kappa shape index (κ3) is 3.78. The Hall–Kier alpha value is -0.910. The summed E-state index contributed by atoms with van der Waals surface area (Å²) in [6, 6.07) is 7.16. The first-order chi connectivity index (χ1) is 8.97. The second-order valence-corrected chi connectivity index (χ2v) is 7.26. The minimum Gasteiger partial charge on any atom is -0.313 e. The molecule has 0 radical (unpaired) electrons. The van der Waals surface area contributed by atoms with Crippen molar-refractivity contribution >= 4 is 10.0 Å². The molecule has 1 aliphatic carbocycles. The van der Waals surface area contributed by atoms with Crippen molar-refractivity contribution in [1.82, 2.24) is 10.0 Å². The lowest BCUT2D eigenvalue weighted by molar-refractivity contribution is 0.529. The zero-order valence-electron chi connectivity index (χ0n) is 11.6. The SMILES string of the molecule is CCNCc1ccccc1S(=O)(=O)NCC1(C)CC1. The van der Waals surface area contributed by atoms with Crippen LogP contribution in [0.2, 0.25) is 0 Å². The Morgan fingerprint density at radius 3 is 2.58 bits per heavy atom. The molecule has 1 aromatic rings. The van der Waals surface area contributed by atoms with Crippen LogP contribution in [0, 0.1) is 5.41 Å². The van der Waals surface area contributed by atoms with E-state index in [9.17, 15) is 8.42 Å². The van der Waals surface area contributed by atoms with Crippen molar-refractivity contribution in [2.45, 2.75) is 38.1 Å². The number of hydrogen-bond donors (Lipinski definition) is 2. The highest BCUT2D eigenvalue weighted by Gasteiger charge is 2.38. The van der Waals surface area contributed by atoms with Crippen LogP contribution in [0.5, 0.6) is 0 Å². The third-order valence-electron chi connectivity index (χ3n) is 3.62. The normalized spacial score (nSPS) is 17.4. The van der Waals surface area contributed by atoms with E-state index in [1.807, 2.05) is 19.1 Å². The van der Waals surface area contributed by atoms with Crippen molar-refractivity contribution in [2.75, 3.05) is 13.1 Å². The van der Waals surface area contributed by atoms with Gasteiger partial charge in [-0.15, -0.1) is 0 Å². The van der Waals surface area contributed by atoms with Gasteiger partial charge in [0, 0.05) is 13.1 Å². The van der Waals surface area contributed by atoms with Crippen LogP contribution < -0.4 is 10.0 Å². The third-order valence-corrected chi connectivity index (χ3v) is 5.12. The average molecular weight is 282 g/mol. The molecule has 2 rings (SSSR count). The fourth-order valence-electron chi connectivity index (χ4n) is 1.91. The summed E-state index contributed by atoms with van der Waals surface area (Å²) in [7, 11) is -3.40. The van der Waals surface area contributed by atoms with Gasteiger partial charge in [0.15, 0.2) is 0 Å². The van der Waals surface area contributed by atoms with Crippen LogP contribution in [-0.2, 0) is 16.6 Å². The molecule has 0 unspecified atom stereocenters. The van der Waals surface area contributed by atoms with Crippen LogP contribution >= 0.6 is 0 Å². The molecule has 0 aliphatic heterocycles. The molecule has 1 fully saturated rings. The summed E-state index contributed by atoms with van der Waals surface area (Å²) in [4.78, 5) is 0.389. The molecule has 0 saturated heterocycles. The molecule has 4 nitrogen and oxygen atoms in total. The Bertz CT molecular complexity index is 536. The Morgan fingerprint density at radius 1 is 1.26 bits per heavy atom. The lowest BCUT2D eigenvalue weighted by Gasteiger charge is -2.14. The molecule has 0 amide bonds. The lowest BCUT2D eigenvalue weighted by Crippen LogP contribution is -2.30. The van der Waals surface area contributed by atoms with Gasteiger partial charge in [-0.1, -0.05) is 32.0 Å². The number of benzene rings is 1. The molecule has 0 spiro atoms. The van der Waals surface area contributed by atoms with Crippen molar-refractivity contribution in [3.8, 4) is 0 Å². The van der Waals surface area contributed by atoms with Gasteiger partial charge in [-0.25, -0.2) is 13.1 Å². The van der Waals surface area contributed by atoms with Crippen molar-refractivity contribution in [1.29, 1.82) is 0 Å². The zero-order chi connectivity index (χ0) is 13.9. The van der Waals surface area contributed by atoms with Crippen molar-refractivity contribution < 1.29 is 8.42 Å². The standard InChI is InChI=1S/C14H22N2O2S/c1-3-15-10-12-6-4-5-7-13(12)19(17,18)16-11-14(2)8-9-14/h4-7,15-16H,3,8-11H2,1-2H3. The summed E-state index contributed by atoms with van der Waals surface area (Å²) in [5.74, 6) is 0. The van der Waals surface area contributed by atoms with E-state index in [1.165, 1.54) is 0 Å². The topological polar surface area (TPSA) is 58.2 Å². The van der Waals surface area contributed by atoms with E-state index in [4.69, 9.17) is 0 Å². The molecule has 1 saturated carbocycles. The number of hydrogen-bond acceptors (Lipinski definition) is 3. The smallest absolute Gasteiger partial charge is 0.240 e. The molecule has 0 atom stereocenters. The predicted molar refractivity (Wildman–Crippen MR) is 76.4 cm³/mol. The van der Waals surface area contributed by atoms with Gasteiger partial charge < -0.3 is 5.32 Å². The van der Waals surface area contributed by atoms with Crippen LogP contribution in [0.25, 0.3) is 0 Å². The molecule has 0 heterocycles. The maximum Gasteiger partial charge on any atom is 0.240 e. The first-order valence-electron chi connectivity index (χ1n) is 6.75. The van der Waals surface area contributed by atoms with Gasteiger partial charge >= 0.3 is 0 Å². The highest BCUT2D eigenvalue weighted by Crippen LogP contribution is 2.44. The van der Waals surface area contributed by atoms with E-state index in [0.717, 1.165) is 24.9 Å². The first kappa shape index (κ1) is 14.5. The summed E-state index contributed by atoms with van der Waals surface area (Å²) in [6.45, 7) is 6.04. The first-order valence-corrected chi connectivity index (χ1v) is 8.23. The fraction of sp³-hybridized carbons (Fsp3) is 0.571. The number of rotatable bonds is 7. The summed E-state index contributed by atoms with van der Waals surface area (Å²) in [6.07, 6.45) is 2.21. The minimum absolute atomic E-state index is 0.170. The van der Waals surface area contributed by atoms with Gasteiger partial charge in [0.1, 0.15) is 0 Å². The van der Waals surface area contributed by atoms with Crippen LogP contribution in [0.15, 0.2) is 29.2 Å². The Balaban J connectivity index is 2.14. The monoisotopic (exact) mass is 282 g/mol. The highest BCUT2D eigenvalue weighted by molar-refractivity contribution is 7.89. The highest BCUT2D eigenvalue weighted by atomic mass is 32.2. The van der Waals surface area contributed by atoms with E-state index in [-0.39, 0.29) is 5.41 Å². The average Bonchev–Trinajstić information content (AvgIpc) is 3.13. The van der Waals surface area contributed by atoms with Crippen molar-refractivity contribution in [2.24, 2.45) is 5.41 Å². The lowest BCUT2D eigenvalue weighted by atomic mass is 10.2. The molecule has 106 valence electrons. The second-order valence-electron chi connectivity index (χ2n) is 5.52. The fourth-order valence-corrected chi connectivity index (χ4v) is 3.35. The summed E-state index contributed by atoms with van der Waals surface area (Å²) in [5.41, 5.74) is 0.988. The van der Waals surface area contributed by atoms with Crippen LogP contribution in [-0.4, -0.2) is 21.5 Å². The van der Waals surface area contributed by atoms with Gasteiger partial charge in [-0.2, -0.15) is 0 Å².